The third kappa shape index (κ3) is 2.67. The van der Waals surface area contributed by atoms with E-state index in [4.69, 9.17) is 5.84 Å². The fourth-order valence-corrected chi connectivity index (χ4v) is 2.19. The fourth-order valence-electron chi connectivity index (χ4n) is 2.19. The lowest BCUT2D eigenvalue weighted by atomic mass is 10.2. The first-order valence-corrected chi connectivity index (χ1v) is 6.97. The van der Waals surface area contributed by atoms with Crippen LogP contribution in [-0.2, 0) is 0 Å². The maximum atomic E-state index is 13.6. The van der Waals surface area contributed by atoms with Crippen LogP contribution in [0.1, 0.15) is 35.7 Å². The van der Waals surface area contributed by atoms with Crippen molar-refractivity contribution in [1.29, 1.82) is 0 Å². The van der Waals surface area contributed by atoms with Gasteiger partial charge < -0.3 is 10.7 Å². The maximum absolute atomic E-state index is 13.6. The van der Waals surface area contributed by atoms with Crippen LogP contribution >= 0.6 is 0 Å². The molecule has 0 saturated heterocycles. The Labute approximate surface area is 122 Å². The number of hydrogen-bond donors (Lipinski definition) is 3. The Balaban J connectivity index is 2.01. The van der Waals surface area contributed by atoms with Crippen molar-refractivity contribution in [3.8, 4) is 0 Å². The Morgan fingerprint density at radius 1 is 1.14 bits per heavy atom. The molecule has 0 unspecified atom stereocenters. The molecule has 0 radical (unpaired) electrons. The minimum atomic E-state index is -0.244. The van der Waals surface area contributed by atoms with Gasteiger partial charge in [-0.05, 0) is 38.8 Å². The normalized spacial score (nSPS) is 14.1. The van der Waals surface area contributed by atoms with Gasteiger partial charge in [-0.3, -0.25) is 0 Å². The smallest absolute Gasteiger partial charge is 0.148 e. The van der Waals surface area contributed by atoms with Crippen LogP contribution in [0.5, 0.6) is 0 Å². The van der Waals surface area contributed by atoms with Gasteiger partial charge in [0.2, 0.25) is 0 Å². The lowest BCUT2D eigenvalue weighted by Crippen LogP contribution is -2.14. The summed E-state index contributed by atoms with van der Waals surface area (Å²) < 4.78 is 13.6. The van der Waals surface area contributed by atoms with Gasteiger partial charge in [-0.2, -0.15) is 0 Å². The minimum Gasteiger partial charge on any atom is -0.340 e. The number of nitrogens with one attached hydrogen (secondary N) is 2. The van der Waals surface area contributed by atoms with Crippen LogP contribution in [0.25, 0.3) is 0 Å². The van der Waals surface area contributed by atoms with Crippen molar-refractivity contribution < 1.29 is 4.39 Å². The number of hydrogen-bond acceptors (Lipinski definition) is 5. The Morgan fingerprint density at radius 3 is 2.52 bits per heavy atom. The molecule has 0 amide bonds. The van der Waals surface area contributed by atoms with Crippen LogP contribution in [0, 0.1) is 19.7 Å². The largest absolute Gasteiger partial charge is 0.340 e. The first-order valence-electron chi connectivity index (χ1n) is 6.97. The van der Waals surface area contributed by atoms with Crippen molar-refractivity contribution in [2.75, 3.05) is 10.7 Å². The molecule has 1 aromatic heterocycles. The summed E-state index contributed by atoms with van der Waals surface area (Å²) in [5, 5.41) is 3.19. The van der Waals surface area contributed by atoms with Gasteiger partial charge in [0.1, 0.15) is 23.3 Å². The van der Waals surface area contributed by atoms with Crippen molar-refractivity contribution >= 4 is 17.3 Å². The average Bonchev–Trinajstić information content (AvgIpc) is 3.30. The molecule has 110 valence electrons. The number of rotatable bonds is 4. The predicted octanol–water partition coefficient (Wildman–Crippen LogP) is 3.14. The van der Waals surface area contributed by atoms with Gasteiger partial charge in [0, 0.05) is 22.7 Å². The second-order valence-corrected chi connectivity index (χ2v) is 5.36. The summed E-state index contributed by atoms with van der Waals surface area (Å²) in [5.41, 5.74) is 4.67. The highest BCUT2D eigenvalue weighted by Crippen LogP contribution is 2.39. The number of hydrazine groups is 1. The molecule has 3 rings (SSSR count). The first-order chi connectivity index (χ1) is 10.1. The van der Waals surface area contributed by atoms with E-state index in [0.29, 0.717) is 28.8 Å². The molecule has 1 heterocycles. The first kappa shape index (κ1) is 13.8. The van der Waals surface area contributed by atoms with E-state index in [-0.39, 0.29) is 5.82 Å². The third-order valence-corrected chi connectivity index (χ3v) is 3.76. The molecule has 1 aromatic carbocycles. The van der Waals surface area contributed by atoms with Crippen molar-refractivity contribution in [2.24, 2.45) is 5.84 Å². The second kappa shape index (κ2) is 5.29. The molecule has 1 fully saturated rings. The number of aromatic nitrogens is 2. The van der Waals surface area contributed by atoms with Crippen molar-refractivity contribution in [1.82, 2.24) is 9.97 Å². The zero-order valence-corrected chi connectivity index (χ0v) is 12.1. The van der Waals surface area contributed by atoms with Gasteiger partial charge in [0.05, 0.1) is 0 Å². The Kier molecular flexibility index (Phi) is 3.47. The molecule has 2 aromatic rings. The summed E-state index contributed by atoms with van der Waals surface area (Å²) in [5.74, 6) is 7.74. The number of anilines is 3. The van der Waals surface area contributed by atoms with Crippen LogP contribution < -0.4 is 16.6 Å². The van der Waals surface area contributed by atoms with E-state index in [2.05, 4.69) is 20.7 Å². The van der Waals surface area contributed by atoms with Gasteiger partial charge in [-0.25, -0.2) is 20.2 Å². The maximum Gasteiger partial charge on any atom is 0.148 e. The van der Waals surface area contributed by atoms with Gasteiger partial charge in [0.15, 0.2) is 0 Å². The lowest BCUT2D eigenvalue weighted by molar-refractivity contribution is 0.619. The molecule has 1 aliphatic rings. The topological polar surface area (TPSA) is 75.9 Å². The molecule has 0 aliphatic heterocycles. The Bertz CT molecular complexity index is 682. The number of halogens is 1. The Hall–Kier alpha value is -2.21. The van der Waals surface area contributed by atoms with Crippen LogP contribution in [-0.4, -0.2) is 9.97 Å². The molecule has 5 nitrogen and oxygen atoms in total. The summed E-state index contributed by atoms with van der Waals surface area (Å²) in [6.07, 6.45) is 2.21. The van der Waals surface area contributed by atoms with Gasteiger partial charge >= 0.3 is 0 Å². The van der Waals surface area contributed by atoms with E-state index in [1.807, 2.05) is 13.0 Å². The molecule has 4 N–H and O–H groups in total. The van der Waals surface area contributed by atoms with Crippen LogP contribution in [0.3, 0.4) is 0 Å². The van der Waals surface area contributed by atoms with Gasteiger partial charge in [-0.1, -0.05) is 6.07 Å². The Morgan fingerprint density at radius 2 is 1.86 bits per heavy atom. The van der Waals surface area contributed by atoms with E-state index in [9.17, 15) is 4.39 Å². The number of nitrogens with zero attached hydrogens (tertiary/aromatic N) is 2. The summed E-state index contributed by atoms with van der Waals surface area (Å²) >= 11 is 0. The molecule has 21 heavy (non-hydrogen) atoms. The van der Waals surface area contributed by atoms with Crippen LogP contribution in [0.15, 0.2) is 18.2 Å². The van der Waals surface area contributed by atoms with Gasteiger partial charge in [0.25, 0.3) is 0 Å². The summed E-state index contributed by atoms with van der Waals surface area (Å²) in [6, 6.07) is 4.94. The molecular formula is C15H18FN5. The molecule has 0 atom stereocenters. The molecule has 1 aliphatic carbocycles. The van der Waals surface area contributed by atoms with Gasteiger partial charge in [-0.15, -0.1) is 0 Å². The second-order valence-electron chi connectivity index (χ2n) is 5.36. The zero-order chi connectivity index (χ0) is 15.0. The van der Waals surface area contributed by atoms with Crippen molar-refractivity contribution in [3.05, 3.63) is 41.0 Å². The molecule has 6 heteroatoms. The lowest BCUT2D eigenvalue weighted by Gasteiger charge is -2.15. The molecule has 0 spiro atoms. The minimum absolute atomic E-state index is 0.244. The fraction of sp³-hybridized carbons (Fsp3) is 0.333. The summed E-state index contributed by atoms with van der Waals surface area (Å²) in [7, 11) is 0. The zero-order valence-electron chi connectivity index (χ0n) is 12.1. The highest BCUT2D eigenvalue weighted by atomic mass is 19.1. The molecular weight excluding hydrogens is 269 g/mol. The van der Waals surface area contributed by atoms with E-state index < -0.39 is 0 Å². The third-order valence-electron chi connectivity index (χ3n) is 3.76. The average molecular weight is 287 g/mol. The summed E-state index contributed by atoms with van der Waals surface area (Å²) in [6.45, 7) is 3.61. The van der Waals surface area contributed by atoms with Crippen LogP contribution in [0.2, 0.25) is 0 Å². The number of nitrogen functional groups attached to an aromatic ring is 1. The van der Waals surface area contributed by atoms with Crippen molar-refractivity contribution in [2.45, 2.75) is 32.6 Å². The van der Waals surface area contributed by atoms with E-state index in [0.717, 1.165) is 24.2 Å². The quantitative estimate of drug-likeness (QED) is 0.595. The number of nitrogens with two attached hydrogens (primary N) is 1. The van der Waals surface area contributed by atoms with Crippen LogP contribution in [0.4, 0.5) is 21.7 Å². The van der Waals surface area contributed by atoms with E-state index in [1.165, 1.54) is 6.07 Å². The molecule has 0 bridgehead atoms. The monoisotopic (exact) mass is 287 g/mol. The highest BCUT2D eigenvalue weighted by Gasteiger charge is 2.28. The SMILES string of the molecule is Cc1c(F)cccc1Nc1nc(C2CC2)nc(NN)c1C. The number of benzene rings is 1. The standard InChI is InChI=1S/C15H18FN5/c1-8-11(16)4-3-5-12(8)18-13-9(2)14(21-17)20-15(19-13)10-6-7-10/h3-5,10H,6-7,17H2,1-2H3,(H2,18,19,20,21). The van der Waals surface area contributed by atoms with E-state index >= 15 is 0 Å². The van der Waals surface area contributed by atoms with Crippen molar-refractivity contribution in [3.63, 3.8) is 0 Å². The molecule has 1 saturated carbocycles. The summed E-state index contributed by atoms with van der Waals surface area (Å²) in [4.78, 5) is 9.00. The highest BCUT2D eigenvalue weighted by molar-refractivity contribution is 5.66. The predicted molar refractivity (Wildman–Crippen MR) is 81.0 cm³/mol. The van der Waals surface area contributed by atoms with E-state index in [1.54, 1.807) is 13.0 Å².